The van der Waals surface area contributed by atoms with Gasteiger partial charge in [0.1, 0.15) is 12.4 Å². The summed E-state index contributed by atoms with van der Waals surface area (Å²) >= 11 is 0. The van der Waals surface area contributed by atoms with E-state index in [2.05, 4.69) is 10.9 Å². The maximum absolute atomic E-state index is 11.6. The molecule has 0 aliphatic carbocycles. The van der Waals surface area contributed by atoms with Crippen molar-refractivity contribution in [2.24, 2.45) is 5.41 Å². The average molecular weight is 221 g/mol. The molecule has 0 unspecified atom stereocenters. The number of carbonyl (C=O) groups is 1. The summed E-state index contributed by atoms with van der Waals surface area (Å²) in [5.74, 6) is 1.99. The third-order valence-electron chi connectivity index (χ3n) is 2.16. The fraction of sp³-hybridized carbons (Fsp3) is 0.500. The standard InChI is InChI=1S/C12H15NO3/c1-5-6-10(12(2,3)4)16-11(14)9-7-15-8-13-9/h1,7-8,10H,6H2,2-4H3/t10-/m0/s1. The Kier molecular flexibility index (Phi) is 3.73. The lowest BCUT2D eigenvalue weighted by molar-refractivity contribution is -0.00114. The van der Waals surface area contributed by atoms with E-state index >= 15 is 0 Å². The minimum Gasteiger partial charge on any atom is -0.456 e. The van der Waals surface area contributed by atoms with Crippen LogP contribution in [0.3, 0.4) is 0 Å². The van der Waals surface area contributed by atoms with Crippen LogP contribution in [0.1, 0.15) is 37.7 Å². The molecule has 86 valence electrons. The van der Waals surface area contributed by atoms with Crippen LogP contribution in [0.5, 0.6) is 0 Å². The summed E-state index contributed by atoms with van der Waals surface area (Å²) in [4.78, 5) is 15.3. The first-order valence-electron chi connectivity index (χ1n) is 4.97. The third-order valence-corrected chi connectivity index (χ3v) is 2.16. The number of oxazole rings is 1. The quantitative estimate of drug-likeness (QED) is 0.580. The van der Waals surface area contributed by atoms with Crippen LogP contribution in [0.15, 0.2) is 17.1 Å². The predicted molar refractivity (Wildman–Crippen MR) is 58.6 cm³/mol. The first-order valence-corrected chi connectivity index (χ1v) is 4.97. The second-order valence-electron chi connectivity index (χ2n) is 4.54. The molecule has 0 aliphatic heterocycles. The highest BCUT2D eigenvalue weighted by atomic mass is 16.5. The fourth-order valence-corrected chi connectivity index (χ4v) is 1.13. The Morgan fingerprint density at radius 2 is 2.38 bits per heavy atom. The van der Waals surface area contributed by atoms with E-state index in [1.165, 1.54) is 12.7 Å². The SMILES string of the molecule is C#CC[C@H](OC(=O)c1cocn1)C(C)(C)C. The van der Waals surface area contributed by atoms with Crippen LogP contribution in [-0.4, -0.2) is 17.1 Å². The van der Waals surface area contributed by atoms with Crippen molar-refractivity contribution in [3.05, 3.63) is 18.4 Å². The summed E-state index contributed by atoms with van der Waals surface area (Å²) in [5.41, 5.74) is -0.0440. The van der Waals surface area contributed by atoms with Crippen LogP contribution < -0.4 is 0 Å². The van der Waals surface area contributed by atoms with Gasteiger partial charge in [0, 0.05) is 6.42 Å². The summed E-state index contributed by atoms with van der Waals surface area (Å²) in [6.45, 7) is 5.89. The number of aromatic nitrogens is 1. The minimum atomic E-state index is -0.510. The van der Waals surface area contributed by atoms with Crippen molar-refractivity contribution in [2.45, 2.75) is 33.3 Å². The lowest BCUT2D eigenvalue weighted by Crippen LogP contribution is -2.31. The molecule has 0 saturated heterocycles. The molecule has 0 aliphatic rings. The van der Waals surface area contributed by atoms with Crippen LogP contribution in [0.25, 0.3) is 0 Å². The summed E-state index contributed by atoms with van der Waals surface area (Å²) in [5, 5.41) is 0. The van der Waals surface area contributed by atoms with Gasteiger partial charge in [-0.1, -0.05) is 20.8 Å². The molecule has 16 heavy (non-hydrogen) atoms. The molecule has 0 saturated carbocycles. The van der Waals surface area contributed by atoms with Gasteiger partial charge in [0.2, 0.25) is 0 Å². The number of hydrogen-bond acceptors (Lipinski definition) is 4. The molecule has 0 radical (unpaired) electrons. The van der Waals surface area contributed by atoms with E-state index in [0.29, 0.717) is 6.42 Å². The molecule has 1 aromatic rings. The van der Waals surface area contributed by atoms with Crippen LogP contribution in [0, 0.1) is 17.8 Å². The van der Waals surface area contributed by atoms with E-state index in [1.54, 1.807) is 0 Å². The zero-order chi connectivity index (χ0) is 12.2. The Morgan fingerprint density at radius 3 is 2.81 bits per heavy atom. The Labute approximate surface area is 95.0 Å². The normalized spacial score (nSPS) is 12.9. The highest BCUT2D eigenvalue weighted by Gasteiger charge is 2.28. The molecule has 0 bridgehead atoms. The number of rotatable bonds is 3. The molecule has 0 amide bonds. The van der Waals surface area contributed by atoms with Crippen LogP contribution in [-0.2, 0) is 4.74 Å². The zero-order valence-corrected chi connectivity index (χ0v) is 9.69. The second-order valence-corrected chi connectivity index (χ2v) is 4.54. The lowest BCUT2D eigenvalue weighted by atomic mass is 9.87. The van der Waals surface area contributed by atoms with Gasteiger partial charge >= 0.3 is 5.97 Å². The van der Waals surface area contributed by atoms with Crippen LogP contribution in [0.4, 0.5) is 0 Å². The Hall–Kier alpha value is -1.76. The number of esters is 1. The van der Waals surface area contributed by atoms with Crippen LogP contribution in [0.2, 0.25) is 0 Å². The van der Waals surface area contributed by atoms with E-state index in [-0.39, 0.29) is 17.2 Å². The molecule has 0 spiro atoms. The van der Waals surface area contributed by atoms with Gasteiger partial charge in [0.15, 0.2) is 12.1 Å². The number of carbonyl (C=O) groups excluding carboxylic acids is 1. The molecule has 1 rings (SSSR count). The van der Waals surface area contributed by atoms with Crippen molar-refractivity contribution in [3.63, 3.8) is 0 Å². The first kappa shape index (κ1) is 12.3. The largest absolute Gasteiger partial charge is 0.456 e. The van der Waals surface area contributed by atoms with Crippen molar-refractivity contribution in [1.82, 2.24) is 4.98 Å². The van der Waals surface area contributed by atoms with Crippen molar-refractivity contribution in [3.8, 4) is 12.3 Å². The Morgan fingerprint density at radius 1 is 1.69 bits per heavy atom. The molecule has 1 heterocycles. The highest BCUT2D eigenvalue weighted by Crippen LogP contribution is 2.25. The maximum atomic E-state index is 11.6. The van der Waals surface area contributed by atoms with Crippen molar-refractivity contribution in [1.29, 1.82) is 0 Å². The predicted octanol–water partition coefficient (Wildman–Crippen LogP) is 2.27. The van der Waals surface area contributed by atoms with Gasteiger partial charge in [-0.05, 0) is 5.41 Å². The molecular formula is C12H15NO3. The number of hydrogen-bond donors (Lipinski definition) is 0. The molecular weight excluding hydrogens is 206 g/mol. The third kappa shape index (κ3) is 3.13. The maximum Gasteiger partial charge on any atom is 0.360 e. The number of nitrogens with zero attached hydrogens (tertiary/aromatic N) is 1. The number of terminal acetylenes is 1. The van der Waals surface area contributed by atoms with E-state index < -0.39 is 5.97 Å². The molecule has 4 heteroatoms. The van der Waals surface area contributed by atoms with Gasteiger partial charge in [0.05, 0.1) is 0 Å². The van der Waals surface area contributed by atoms with Gasteiger partial charge < -0.3 is 9.15 Å². The number of ether oxygens (including phenoxy) is 1. The summed E-state index contributed by atoms with van der Waals surface area (Å²) < 4.78 is 10.0. The van der Waals surface area contributed by atoms with Gasteiger partial charge in [-0.15, -0.1) is 12.3 Å². The first-order chi connectivity index (χ1) is 7.45. The van der Waals surface area contributed by atoms with E-state index in [4.69, 9.17) is 15.6 Å². The Bertz CT molecular complexity index is 381. The lowest BCUT2D eigenvalue weighted by Gasteiger charge is -2.28. The summed E-state index contributed by atoms with van der Waals surface area (Å²) in [7, 11) is 0. The second kappa shape index (κ2) is 4.84. The molecule has 0 fully saturated rings. The van der Waals surface area contributed by atoms with Crippen LogP contribution >= 0.6 is 0 Å². The smallest absolute Gasteiger partial charge is 0.360 e. The molecule has 0 aromatic carbocycles. The van der Waals surface area contributed by atoms with Gasteiger partial charge in [-0.2, -0.15) is 0 Å². The van der Waals surface area contributed by atoms with E-state index in [0.717, 1.165) is 0 Å². The molecule has 4 nitrogen and oxygen atoms in total. The van der Waals surface area contributed by atoms with Gasteiger partial charge in [-0.25, -0.2) is 9.78 Å². The zero-order valence-electron chi connectivity index (χ0n) is 9.69. The minimum absolute atomic E-state index is 0.159. The molecule has 1 aromatic heterocycles. The monoisotopic (exact) mass is 221 g/mol. The van der Waals surface area contributed by atoms with Gasteiger partial charge in [0.25, 0.3) is 0 Å². The van der Waals surface area contributed by atoms with E-state index in [1.807, 2.05) is 20.8 Å². The molecule has 1 atom stereocenters. The highest BCUT2D eigenvalue weighted by molar-refractivity contribution is 5.86. The topological polar surface area (TPSA) is 52.3 Å². The summed E-state index contributed by atoms with van der Waals surface area (Å²) in [6.07, 6.45) is 7.73. The fourth-order valence-electron chi connectivity index (χ4n) is 1.13. The average Bonchev–Trinajstić information content (AvgIpc) is 2.68. The summed E-state index contributed by atoms with van der Waals surface area (Å²) in [6, 6.07) is 0. The van der Waals surface area contributed by atoms with Crippen molar-refractivity contribution >= 4 is 5.97 Å². The van der Waals surface area contributed by atoms with Crippen molar-refractivity contribution in [2.75, 3.05) is 0 Å². The Balaban J connectivity index is 2.70. The van der Waals surface area contributed by atoms with Gasteiger partial charge in [-0.3, -0.25) is 0 Å². The van der Waals surface area contributed by atoms with E-state index in [9.17, 15) is 4.79 Å². The van der Waals surface area contributed by atoms with Crippen molar-refractivity contribution < 1.29 is 13.9 Å². The molecule has 0 N–H and O–H groups in total.